The van der Waals surface area contributed by atoms with Crippen molar-refractivity contribution in [2.24, 2.45) is 0 Å². The summed E-state index contributed by atoms with van der Waals surface area (Å²) in [5.41, 5.74) is 2.47. The molecule has 0 aliphatic carbocycles. The van der Waals surface area contributed by atoms with Gasteiger partial charge in [0, 0.05) is 5.39 Å². The standard InChI is InChI=1S/C18H14N2O3/c21-18(8-12-5-6-16-17(7-12)23-11-22-16)20-14-9-13-3-1-2-4-15(13)19-10-14/h1-7,9-10H,8,11H2,(H,20,21). The summed E-state index contributed by atoms with van der Waals surface area (Å²) in [6.07, 6.45) is 1.93. The van der Waals surface area contributed by atoms with Gasteiger partial charge in [0.25, 0.3) is 0 Å². The van der Waals surface area contributed by atoms with Gasteiger partial charge >= 0.3 is 0 Å². The maximum Gasteiger partial charge on any atom is 0.231 e. The van der Waals surface area contributed by atoms with Crippen LogP contribution in [0, 0.1) is 0 Å². The number of hydrogen-bond acceptors (Lipinski definition) is 4. The van der Waals surface area contributed by atoms with Crippen LogP contribution < -0.4 is 14.8 Å². The highest BCUT2D eigenvalue weighted by molar-refractivity contribution is 5.94. The lowest BCUT2D eigenvalue weighted by Gasteiger charge is -2.07. The lowest BCUT2D eigenvalue weighted by atomic mass is 10.1. The van der Waals surface area contributed by atoms with E-state index in [9.17, 15) is 4.79 Å². The molecule has 1 aliphatic heterocycles. The van der Waals surface area contributed by atoms with Gasteiger partial charge in [-0.3, -0.25) is 9.78 Å². The van der Waals surface area contributed by atoms with Crippen LogP contribution in [0.2, 0.25) is 0 Å². The first-order valence-corrected chi connectivity index (χ1v) is 7.31. The third-order valence-corrected chi connectivity index (χ3v) is 3.68. The van der Waals surface area contributed by atoms with Crippen molar-refractivity contribution >= 4 is 22.5 Å². The van der Waals surface area contributed by atoms with E-state index < -0.39 is 0 Å². The van der Waals surface area contributed by atoms with Gasteiger partial charge in [0.1, 0.15) is 0 Å². The highest BCUT2D eigenvalue weighted by Gasteiger charge is 2.14. The highest BCUT2D eigenvalue weighted by atomic mass is 16.7. The number of anilines is 1. The van der Waals surface area contributed by atoms with Gasteiger partial charge in [0.05, 0.1) is 23.8 Å². The van der Waals surface area contributed by atoms with Crippen molar-refractivity contribution in [3.05, 3.63) is 60.3 Å². The minimum atomic E-state index is -0.0963. The molecule has 0 saturated carbocycles. The number of aromatic nitrogens is 1. The zero-order chi connectivity index (χ0) is 15.6. The number of carbonyl (C=O) groups is 1. The summed E-state index contributed by atoms with van der Waals surface area (Å²) in [6.45, 7) is 0.230. The summed E-state index contributed by atoms with van der Waals surface area (Å²) in [4.78, 5) is 16.5. The Bertz CT molecular complexity index is 892. The van der Waals surface area contributed by atoms with Crippen molar-refractivity contribution in [1.82, 2.24) is 4.98 Å². The molecule has 4 rings (SSSR count). The lowest BCUT2D eigenvalue weighted by Crippen LogP contribution is -2.14. The first kappa shape index (κ1) is 13.6. The molecule has 0 atom stereocenters. The van der Waals surface area contributed by atoms with Crippen LogP contribution >= 0.6 is 0 Å². The molecule has 0 bridgehead atoms. The number of pyridine rings is 1. The summed E-state index contributed by atoms with van der Waals surface area (Å²) in [5.74, 6) is 1.30. The maximum atomic E-state index is 12.2. The number of para-hydroxylation sites is 1. The Balaban J connectivity index is 1.48. The molecule has 5 nitrogen and oxygen atoms in total. The summed E-state index contributed by atoms with van der Waals surface area (Å²) in [7, 11) is 0. The van der Waals surface area contributed by atoms with E-state index in [-0.39, 0.29) is 19.1 Å². The normalized spacial score (nSPS) is 12.3. The van der Waals surface area contributed by atoms with E-state index in [2.05, 4.69) is 10.3 Å². The number of nitrogens with zero attached hydrogens (tertiary/aromatic N) is 1. The van der Waals surface area contributed by atoms with Crippen molar-refractivity contribution in [2.75, 3.05) is 12.1 Å². The van der Waals surface area contributed by atoms with E-state index in [1.807, 2.05) is 48.5 Å². The Labute approximate surface area is 132 Å². The predicted octanol–water partition coefficient (Wildman–Crippen LogP) is 3.14. The van der Waals surface area contributed by atoms with Crippen LogP contribution in [-0.4, -0.2) is 17.7 Å². The largest absolute Gasteiger partial charge is 0.454 e. The average molecular weight is 306 g/mol. The molecule has 23 heavy (non-hydrogen) atoms. The molecule has 1 aromatic heterocycles. The first-order chi connectivity index (χ1) is 11.3. The minimum absolute atomic E-state index is 0.0963. The second kappa shape index (κ2) is 5.61. The van der Waals surface area contributed by atoms with E-state index >= 15 is 0 Å². The van der Waals surface area contributed by atoms with Crippen molar-refractivity contribution in [3.8, 4) is 11.5 Å². The average Bonchev–Trinajstić information content (AvgIpc) is 3.02. The first-order valence-electron chi connectivity index (χ1n) is 7.31. The number of amides is 1. The highest BCUT2D eigenvalue weighted by Crippen LogP contribution is 2.32. The van der Waals surface area contributed by atoms with E-state index in [1.54, 1.807) is 6.20 Å². The number of hydrogen-bond donors (Lipinski definition) is 1. The molecule has 1 amide bonds. The van der Waals surface area contributed by atoms with Crippen LogP contribution in [0.3, 0.4) is 0 Å². The zero-order valence-electron chi connectivity index (χ0n) is 12.3. The third-order valence-electron chi connectivity index (χ3n) is 3.68. The fourth-order valence-electron chi connectivity index (χ4n) is 2.58. The smallest absolute Gasteiger partial charge is 0.231 e. The summed E-state index contributed by atoms with van der Waals surface area (Å²) >= 11 is 0. The number of nitrogens with one attached hydrogen (secondary N) is 1. The molecule has 0 spiro atoms. The fourth-order valence-corrected chi connectivity index (χ4v) is 2.58. The SMILES string of the molecule is O=C(Cc1ccc2c(c1)OCO2)Nc1cnc2ccccc2c1. The van der Waals surface area contributed by atoms with Gasteiger partial charge in [-0.25, -0.2) is 0 Å². The topological polar surface area (TPSA) is 60.5 Å². The van der Waals surface area contributed by atoms with Gasteiger partial charge in [-0.15, -0.1) is 0 Å². The van der Waals surface area contributed by atoms with Gasteiger partial charge < -0.3 is 14.8 Å². The monoisotopic (exact) mass is 306 g/mol. The third kappa shape index (κ3) is 2.81. The van der Waals surface area contributed by atoms with E-state index in [4.69, 9.17) is 9.47 Å². The van der Waals surface area contributed by atoms with Crippen LogP contribution in [-0.2, 0) is 11.2 Å². The molecule has 114 valence electrons. The van der Waals surface area contributed by atoms with Crippen LogP contribution in [0.4, 0.5) is 5.69 Å². The van der Waals surface area contributed by atoms with Crippen molar-refractivity contribution in [3.63, 3.8) is 0 Å². The summed E-state index contributed by atoms with van der Waals surface area (Å²) in [6, 6.07) is 15.2. The van der Waals surface area contributed by atoms with Gasteiger partial charge in [0.15, 0.2) is 11.5 Å². The van der Waals surface area contributed by atoms with Gasteiger partial charge in [-0.1, -0.05) is 24.3 Å². The Morgan fingerprint density at radius 3 is 2.91 bits per heavy atom. The lowest BCUT2D eigenvalue weighted by molar-refractivity contribution is -0.115. The summed E-state index contributed by atoms with van der Waals surface area (Å²) in [5, 5.41) is 3.87. The van der Waals surface area contributed by atoms with E-state index in [0.29, 0.717) is 17.2 Å². The molecule has 0 fully saturated rings. The van der Waals surface area contributed by atoms with E-state index in [0.717, 1.165) is 16.5 Å². The predicted molar refractivity (Wildman–Crippen MR) is 86.6 cm³/mol. The molecule has 0 unspecified atom stereocenters. The second-order valence-corrected chi connectivity index (χ2v) is 5.33. The molecule has 2 heterocycles. The van der Waals surface area contributed by atoms with Crippen LogP contribution in [0.1, 0.15) is 5.56 Å². The molecule has 0 saturated heterocycles. The van der Waals surface area contributed by atoms with E-state index in [1.165, 1.54) is 0 Å². The van der Waals surface area contributed by atoms with Gasteiger partial charge in [-0.05, 0) is 29.8 Å². The van der Waals surface area contributed by atoms with Crippen molar-refractivity contribution < 1.29 is 14.3 Å². The van der Waals surface area contributed by atoms with Crippen molar-refractivity contribution in [2.45, 2.75) is 6.42 Å². The number of rotatable bonds is 3. The summed E-state index contributed by atoms with van der Waals surface area (Å²) < 4.78 is 10.6. The second-order valence-electron chi connectivity index (χ2n) is 5.33. The Morgan fingerprint density at radius 2 is 1.96 bits per heavy atom. The number of ether oxygens (including phenoxy) is 2. The minimum Gasteiger partial charge on any atom is -0.454 e. The Morgan fingerprint density at radius 1 is 1.09 bits per heavy atom. The number of fused-ring (bicyclic) bond motifs is 2. The maximum absolute atomic E-state index is 12.2. The fraction of sp³-hybridized carbons (Fsp3) is 0.111. The van der Waals surface area contributed by atoms with Crippen molar-refractivity contribution in [1.29, 1.82) is 0 Å². The molecule has 5 heteroatoms. The Hall–Kier alpha value is -3.08. The van der Waals surface area contributed by atoms with Gasteiger partial charge in [0.2, 0.25) is 12.7 Å². The molecule has 3 aromatic rings. The quantitative estimate of drug-likeness (QED) is 0.807. The molecular formula is C18H14N2O3. The number of benzene rings is 2. The molecule has 1 N–H and O–H groups in total. The zero-order valence-corrected chi connectivity index (χ0v) is 12.3. The molecule has 0 radical (unpaired) electrons. The molecule has 2 aromatic carbocycles. The molecular weight excluding hydrogens is 292 g/mol. The van der Waals surface area contributed by atoms with Gasteiger partial charge in [-0.2, -0.15) is 0 Å². The Kier molecular flexibility index (Phi) is 3.31. The van der Waals surface area contributed by atoms with Crippen LogP contribution in [0.25, 0.3) is 10.9 Å². The van der Waals surface area contributed by atoms with Crippen LogP contribution in [0.5, 0.6) is 11.5 Å². The molecule has 1 aliphatic rings. The number of carbonyl (C=O) groups excluding carboxylic acids is 1. The van der Waals surface area contributed by atoms with Crippen LogP contribution in [0.15, 0.2) is 54.7 Å².